The van der Waals surface area contributed by atoms with Crippen molar-refractivity contribution in [1.29, 1.82) is 0 Å². The third-order valence-corrected chi connectivity index (χ3v) is 3.34. The summed E-state index contributed by atoms with van der Waals surface area (Å²) in [5.74, 6) is -0.767. The summed E-state index contributed by atoms with van der Waals surface area (Å²) >= 11 is 0. The lowest BCUT2D eigenvalue weighted by atomic mass is 10.00. The van der Waals surface area contributed by atoms with E-state index in [1.807, 2.05) is 12.1 Å². The van der Waals surface area contributed by atoms with Gasteiger partial charge < -0.3 is 10.1 Å². The Hall–Kier alpha value is -1.29. The first-order chi connectivity index (χ1) is 7.70. The topological polar surface area (TPSA) is 56.3 Å². The zero-order valence-electron chi connectivity index (χ0n) is 9.52. The van der Waals surface area contributed by atoms with Crippen LogP contribution < -0.4 is 0 Å². The van der Waals surface area contributed by atoms with Crippen LogP contribution in [-0.4, -0.2) is 33.5 Å². The third-order valence-electron chi connectivity index (χ3n) is 3.34. The van der Waals surface area contributed by atoms with E-state index in [9.17, 15) is 9.90 Å². The average molecular weight is 222 g/mol. The van der Waals surface area contributed by atoms with Gasteiger partial charge in [0, 0.05) is 17.9 Å². The molecule has 16 heavy (non-hydrogen) atoms. The molecule has 4 heteroatoms. The van der Waals surface area contributed by atoms with Crippen molar-refractivity contribution in [3.63, 3.8) is 0 Å². The van der Waals surface area contributed by atoms with Crippen LogP contribution in [0.25, 0.3) is 0 Å². The molecule has 1 aliphatic heterocycles. The molecular formula is C12H18N2O2. The Kier molecular flexibility index (Phi) is 3.29. The molecule has 0 bridgehead atoms. The van der Waals surface area contributed by atoms with E-state index in [1.165, 1.54) is 6.42 Å². The van der Waals surface area contributed by atoms with E-state index in [0.29, 0.717) is 6.04 Å². The van der Waals surface area contributed by atoms with Gasteiger partial charge in [0.05, 0.1) is 0 Å². The first-order valence-electron chi connectivity index (χ1n) is 5.82. The quantitative estimate of drug-likeness (QED) is 0.822. The van der Waals surface area contributed by atoms with Crippen LogP contribution >= 0.6 is 0 Å². The second kappa shape index (κ2) is 4.70. The van der Waals surface area contributed by atoms with Crippen molar-refractivity contribution in [2.75, 3.05) is 6.54 Å². The van der Waals surface area contributed by atoms with Gasteiger partial charge in [0.1, 0.15) is 6.04 Å². The van der Waals surface area contributed by atoms with Gasteiger partial charge in [-0.2, -0.15) is 0 Å². The van der Waals surface area contributed by atoms with Crippen LogP contribution in [-0.2, 0) is 4.79 Å². The number of aliphatic carboxylic acids is 1. The van der Waals surface area contributed by atoms with E-state index < -0.39 is 12.0 Å². The highest BCUT2D eigenvalue weighted by Crippen LogP contribution is 2.27. The third kappa shape index (κ3) is 2.11. The number of carboxylic acid groups (broad SMARTS) is 1. The maximum absolute atomic E-state index is 11.4. The molecule has 0 aliphatic carbocycles. The normalized spacial score (nSPS) is 24.2. The van der Waals surface area contributed by atoms with Crippen LogP contribution in [0.2, 0.25) is 0 Å². The summed E-state index contributed by atoms with van der Waals surface area (Å²) in [5.41, 5.74) is 0.779. The van der Waals surface area contributed by atoms with Gasteiger partial charge >= 0.3 is 5.97 Å². The van der Waals surface area contributed by atoms with E-state index in [2.05, 4.69) is 16.8 Å². The number of likely N-dealkylation sites (tertiary alicyclic amines) is 1. The fourth-order valence-corrected chi connectivity index (χ4v) is 2.47. The minimum Gasteiger partial charge on any atom is -0.480 e. The number of nitrogens with one attached hydrogen (secondary N) is 1. The van der Waals surface area contributed by atoms with Crippen molar-refractivity contribution in [3.8, 4) is 0 Å². The number of hydrogen-bond donors (Lipinski definition) is 2. The molecule has 1 aliphatic rings. The number of aromatic nitrogens is 1. The lowest BCUT2D eigenvalue weighted by Gasteiger charge is -2.37. The summed E-state index contributed by atoms with van der Waals surface area (Å²) in [7, 11) is 0. The first-order valence-corrected chi connectivity index (χ1v) is 5.82. The molecule has 2 atom stereocenters. The Labute approximate surface area is 95.3 Å². The van der Waals surface area contributed by atoms with Crippen molar-refractivity contribution >= 4 is 5.97 Å². The molecule has 1 fully saturated rings. The first kappa shape index (κ1) is 11.2. The largest absolute Gasteiger partial charge is 0.480 e. The Morgan fingerprint density at radius 1 is 1.62 bits per heavy atom. The van der Waals surface area contributed by atoms with Crippen molar-refractivity contribution in [2.24, 2.45) is 0 Å². The van der Waals surface area contributed by atoms with Gasteiger partial charge in [0.15, 0.2) is 0 Å². The van der Waals surface area contributed by atoms with Crippen molar-refractivity contribution in [1.82, 2.24) is 9.88 Å². The zero-order chi connectivity index (χ0) is 11.5. The van der Waals surface area contributed by atoms with Crippen LogP contribution in [0.3, 0.4) is 0 Å². The molecule has 0 spiro atoms. The highest BCUT2D eigenvalue weighted by molar-refractivity contribution is 5.75. The maximum atomic E-state index is 11.4. The predicted molar refractivity (Wildman–Crippen MR) is 61.2 cm³/mol. The molecule has 0 amide bonds. The molecule has 0 radical (unpaired) electrons. The highest BCUT2D eigenvalue weighted by atomic mass is 16.4. The molecule has 88 valence electrons. The number of aromatic amines is 1. The second-order valence-electron chi connectivity index (χ2n) is 4.45. The molecule has 2 N–H and O–H groups in total. The van der Waals surface area contributed by atoms with Crippen LogP contribution in [0, 0.1) is 0 Å². The maximum Gasteiger partial charge on any atom is 0.327 e. The van der Waals surface area contributed by atoms with Crippen molar-refractivity contribution in [3.05, 3.63) is 24.0 Å². The molecule has 2 unspecified atom stereocenters. The summed E-state index contributed by atoms with van der Waals surface area (Å²) in [5, 5.41) is 9.35. The van der Waals surface area contributed by atoms with Gasteiger partial charge in [-0.15, -0.1) is 0 Å². The Bertz CT molecular complexity index is 348. The summed E-state index contributed by atoms with van der Waals surface area (Å²) < 4.78 is 0. The Balaban J connectivity index is 2.22. The zero-order valence-corrected chi connectivity index (χ0v) is 9.52. The standard InChI is InChI=1S/C12H18N2O2/c1-9-5-2-3-8-14(9)11(12(15)16)10-6-4-7-13-10/h4,6-7,9,11,13H,2-3,5,8H2,1H3,(H,15,16). The smallest absolute Gasteiger partial charge is 0.327 e. The number of rotatable bonds is 3. The van der Waals surface area contributed by atoms with Gasteiger partial charge in [-0.25, -0.2) is 0 Å². The van der Waals surface area contributed by atoms with Crippen LogP contribution in [0.4, 0.5) is 0 Å². The van der Waals surface area contributed by atoms with E-state index in [0.717, 1.165) is 25.1 Å². The van der Waals surface area contributed by atoms with Gasteiger partial charge in [0.25, 0.3) is 0 Å². The molecule has 2 rings (SSSR count). The number of H-pyrrole nitrogens is 1. The van der Waals surface area contributed by atoms with Gasteiger partial charge in [-0.1, -0.05) is 6.42 Å². The van der Waals surface area contributed by atoms with Crippen molar-refractivity contribution < 1.29 is 9.90 Å². The highest BCUT2D eigenvalue weighted by Gasteiger charge is 2.32. The Morgan fingerprint density at radius 3 is 3.00 bits per heavy atom. The molecule has 1 aromatic rings. The summed E-state index contributed by atoms with van der Waals surface area (Å²) in [6.07, 6.45) is 5.16. The fourth-order valence-electron chi connectivity index (χ4n) is 2.47. The monoisotopic (exact) mass is 222 g/mol. The minimum absolute atomic E-state index is 0.346. The number of carbonyl (C=O) groups is 1. The lowest BCUT2D eigenvalue weighted by molar-refractivity contribution is -0.145. The summed E-state index contributed by atoms with van der Waals surface area (Å²) in [6.45, 7) is 2.98. The molecule has 4 nitrogen and oxygen atoms in total. The molecule has 2 heterocycles. The molecule has 1 saturated heterocycles. The van der Waals surface area contributed by atoms with Crippen molar-refractivity contribution in [2.45, 2.75) is 38.3 Å². The van der Waals surface area contributed by atoms with E-state index >= 15 is 0 Å². The van der Waals surface area contributed by atoms with E-state index in [4.69, 9.17) is 0 Å². The van der Waals surface area contributed by atoms with E-state index in [1.54, 1.807) is 6.20 Å². The van der Waals surface area contributed by atoms with Crippen LogP contribution in [0.5, 0.6) is 0 Å². The SMILES string of the molecule is CC1CCCCN1C(C(=O)O)c1ccc[nH]1. The number of carboxylic acids is 1. The average Bonchev–Trinajstić information content (AvgIpc) is 2.74. The summed E-state index contributed by atoms with van der Waals surface area (Å²) in [6, 6.07) is 3.52. The van der Waals surface area contributed by atoms with E-state index in [-0.39, 0.29) is 0 Å². The van der Waals surface area contributed by atoms with Crippen LogP contribution in [0.15, 0.2) is 18.3 Å². The molecule has 0 aromatic carbocycles. The minimum atomic E-state index is -0.767. The second-order valence-corrected chi connectivity index (χ2v) is 4.45. The summed E-state index contributed by atoms with van der Waals surface area (Å²) in [4.78, 5) is 16.5. The fraction of sp³-hybridized carbons (Fsp3) is 0.583. The lowest BCUT2D eigenvalue weighted by Crippen LogP contribution is -2.43. The molecule has 1 aromatic heterocycles. The number of nitrogens with zero attached hydrogens (tertiary/aromatic N) is 1. The van der Waals surface area contributed by atoms with Gasteiger partial charge in [-0.3, -0.25) is 9.69 Å². The predicted octanol–water partition coefficient (Wildman–Crippen LogP) is 2.01. The van der Waals surface area contributed by atoms with Crippen LogP contribution in [0.1, 0.15) is 37.9 Å². The molecular weight excluding hydrogens is 204 g/mol. The number of piperidine rings is 1. The number of hydrogen-bond acceptors (Lipinski definition) is 2. The van der Waals surface area contributed by atoms with Gasteiger partial charge in [-0.05, 0) is 38.4 Å². The van der Waals surface area contributed by atoms with Gasteiger partial charge in [0.2, 0.25) is 0 Å². The molecule has 0 saturated carbocycles. The Morgan fingerprint density at radius 2 is 2.44 bits per heavy atom.